The summed E-state index contributed by atoms with van der Waals surface area (Å²) in [6.07, 6.45) is 3.30. The second-order valence-electron chi connectivity index (χ2n) is 4.90. The SMILES string of the molecule is Cc1c(Br)c(C2(N)CCC2)cc2c1OCCO2. The third kappa shape index (κ3) is 1.66. The first kappa shape index (κ1) is 11.4. The summed E-state index contributed by atoms with van der Waals surface area (Å²) in [4.78, 5) is 0. The molecule has 0 saturated heterocycles. The minimum absolute atomic E-state index is 0.181. The molecule has 17 heavy (non-hydrogen) atoms. The molecule has 1 aromatic rings. The zero-order chi connectivity index (χ0) is 12.0. The van der Waals surface area contributed by atoms with Crippen molar-refractivity contribution in [3.8, 4) is 11.5 Å². The molecule has 1 aliphatic heterocycles. The number of fused-ring (bicyclic) bond motifs is 1. The number of rotatable bonds is 1. The summed E-state index contributed by atoms with van der Waals surface area (Å²) in [5, 5.41) is 0. The van der Waals surface area contributed by atoms with Crippen LogP contribution in [-0.4, -0.2) is 13.2 Å². The van der Waals surface area contributed by atoms with Gasteiger partial charge in [-0.3, -0.25) is 0 Å². The van der Waals surface area contributed by atoms with Gasteiger partial charge in [0.2, 0.25) is 0 Å². The second-order valence-corrected chi connectivity index (χ2v) is 5.69. The first-order valence-corrected chi connectivity index (χ1v) is 6.79. The number of ether oxygens (including phenoxy) is 2. The Balaban J connectivity index is 2.13. The molecule has 0 atom stereocenters. The van der Waals surface area contributed by atoms with E-state index in [2.05, 4.69) is 15.9 Å². The van der Waals surface area contributed by atoms with Crippen molar-refractivity contribution in [2.24, 2.45) is 5.73 Å². The van der Waals surface area contributed by atoms with Crippen molar-refractivity contribution in [2.45, 2.75) is 31.7 Å². The Kier molecular flexibility index (Phi) is 2.60. The zero-order valence-corrected chi connectivity index (χ0v) is 11.5. The van der Waals surface area contributed by atoms with Gasteiger partial charge in [-0.25, -0.2) is 0 Å². The summed E-state index contributed by atoms with van der Waals surface area (Å²) in [5.74, 6) is 1.69. The Labute approximate surface area is 109 Å². The molecule has 92 valence electrons. The van der Waals surface area contributed by atoms with Crippen LogP contribution in [0.5, 0.6) is 11.5 Å². The molecule has 0 spiro atoms. The van der Waals surface area contributed by atoms with Crippen molar-refractivity contribution >= 4 is 15.9 Å². The summed E-state index contributed by atoms with van der Waals surface area (Å²) in [6.45, 7) is 3.28. The van der Waals surface area contributed by atoms with Crippen molar-refractivity contribution in [3.63, 3.8) is 0 Å². The van der Waals surface area contributed by atoms with Crippen molar-refractivity contribution in [1.29, 1.82) is 0 Å². The predicted molar refractivity (Wildman–Crippen MR) is 69.6 cm³/mol. The lowest BCUT2D eigenvalue weighted by Crippen LogP contribution is -2.43. The fourth-order valence-corrected chi connectivity index (χ4v) is 3.21. The van der Waals surface area contributed by atoms with Gasteiger partial charge in [-0.2, -0.15) is 0 Å². The predicted octanol–water partition coefficient (Wildman–Crippen LogP) is 2.87. The maximum absolute atomic E-state index is 6.40. The van der Waals surface area contributed by atoms with Gasteiger partial charge >= 0.3 is 0 Å². The molecular weight excluding hydrogens is 282 g/mol. The highest BCUT2D eigenvalue weighted by molar-refractivity contribution is 9.10. The molecule has 1 aliphatic carbocycles. The van der Waals surface area contributed by atoms with Gasteiger partial charge in [-0.05, 0) is 37.8 Å². The molecule has 1 aromatic carbocycles. The van der Waals surface area contributed by atoms with E-state index in [0.717, 1.165) is 39.9 Å². The van der Waals surface area contributed by atoms with Crippen molar-refractivity contribution in [2.75, 3.05) is 13.2 Å². The first-order valence-electron chi connectivity index (χ1n) is 6.00. The van der Waals surface area contributed by atoms with Gasteiger partial charge in [0, 0.05) is 15.6 Å². The van der Waals surface area contributed by atoms with Gasteiger partial charge in [-0.15, -0.1) is 0 Å². The minimum atomic E-state index is -0.181. The Morgan fingerprint density at radius 1 is 1.29 bits per heavy atom. The third-order valence-electron chi connectivity index (χ3n) is 3.78. The largest absolute Gasteiger partial charge is 0.486 e. The van der Waals surface area contributed by atoms with E-state index in [1.165, 1.54) is 6.42 Å². The van der Waals surface area contributed by atoms with Crippen molar-refractivity contribution in [3.05, 3.63) is 21.7 Å². The highest BCUT2D eigenvalue weighted by Gasteiger charge is 2.37. The van der Waals surface area contributed by atoms with E-state index in [4.69, 9.17) is 15.2 Å². The molecule has 0 bridgehead atoms. The van der Waals surface area contributed by atoms with E-state index in [-0.39, 0.29) is 5.54 Å². The topological polar surface area (TPSA) is 44.5 Å². The molecule has 1 fully saturated rings. The summed E-state index contributed by atoms with van der Waals surface area (Å²) in [5.41, 5.74) is 8.47. The number of benzene rings is 1. The molecule has 1 saturated carbocycles. The fourth-order valence-electron chi connectivity index (χ4n) is 2.52. The van der Waals surface area contributed by atoms with Crippen molar-refractivity contribution < 1.29 is 9.47 Å². The first-order chi connectivity index (χ1) is 8.12. The van der Waals surface area contributed by atoms with Gasteiger partial charge in [0.1, 0.15) is 13.2 Å². The number of hydrogen-bond acceptors (Lipinski definition) is 3. The van der Waals surface area contributed by atoms with E-state index in [1.807, 2.05) is 13.0 Å². The third-order valence-corrected chi connectivity index (χ3v) is 4.80. The van der Waals surface area contributed by atoms with Gasteiger partial charge in [0.25, 0.3) is 0 Å². The van der Waals surface area contributed by atoms with Crippen LogP contribution >= 0.6 is 15.9 Å². The number of nitrogens with two attached hydrogens (primary N) is 1. The highest BCUT2D eigenvalue weighted by atomic mass is 79.9. The molecule has 0 unspecified atom stereocenters. The van der Waals surface area contributed by atoms with Crippen LogP contribution in [0.3, 0.4) is 0 Å². The van der Waals surface area contributed by atoms with Crippen LogP contribution in [0.4, 0.5) is 0 Å². The maximum Gasteiger partial charge on any atom is 0.165 e. The van der Waals surface area contributed by atoms with Crippen LogP contribution in [0.1, 0.15) is 30.4 Å². The Morgan fingerprint density at radius 2 is 2.00 bits per heavy atom. The summed E-state index contributed by atoms with van der Waals surface area (Å²) >= 11 is 3.65. The van der Waals surface area contributed by atoms with Crippen LogP contribution in [-0.2, 0) is 5.54 Å². The Morgan fingerprint density at radius 3 is 2.65 bits per heavy atom. The molecular formula is C13H16BrNO2. The number of hydrogen-bond donors (Lipinski definition) is 1. The summed E-state index contributed by atoms with van der Waals surface area (Å²) in [7, 11) is 0. The van der Waals surface area contributed by atoms with E-state index >= 15 is 0 Å². The minimum Gasteiger partial charge on any atom is -0.486 e. The summed E-state index contributed by atoms with van der Waals surface area (Å²) < 4.78 is 12.4. The highest BCUT2D eigenvalue weighted by Crippen LogP contribution is 2.48. The molecule has 0 aromatic heterocycles. The summed E-state index contributed by atoms with van der Waals surface area (Å²) in [6, 6.07) is 2.05. The fraction of sp³-hybridized carbons (Fsp3) is 0.538. The standard InChI is InChI=1S/C13H16BrNO2/c1-8-11(14)9(13(15)3-2-4-13)7-10-12(8)17-6-5-16-10/h7H,2-6,15H2,1H3. The Bertz CT molecular complexity index is 469. The van der Waals surface area contributed by atoms with Gasteiger partial charge in [0.05, 0.1) is 0 Å². The molecule has 2 aliphatic rings. The monoisotopic (exact) mass is 297 g/mol. The average molecular weight is 298 g/mol. The van der Waals surface area contributed by atoms with E-state index in [0.29, 0.717) is 13.2 Å². The molecule has 2 N–H and O–H groups in total. The van der Waals surface area contributed by atoms with E-state index in [9.17, 15) is 0 Å². The van der Waals surface area contributed by atoms with E-state index < -0.39 is 0 Å². The van der Waals surface area contributed by atoms with Gasteiger partial charge < -0.3 is 15.2 Å². The normalized spacial score (nSPS) is 20.9. The van der Waals surface area contributed by atoms with Crippen LogP contribution in [0.25, 0.3) is 0 Å². The van der Waals surface area contributed by atoms with Crippen LogP contribution in [0.15, 0.2) is 10.5 Å². The lowest BCUT2D eigenvalue weighted by atomic mass is 9.72. The molecule has 4 heteroatoms. The zero-order valence-electron chi connectivity index (χ0n) is 9.88. The average Bonchev–Trinajstić information content (AvgIpc) is 2.31. The Hall–Kier alpha value is -0.740. The van der Waals surface area contributed by atoms with Crippen LogP contribution in [0.2, 0.25) is 0 Å². The lowest BCUT2D eigenvalue weighted by molar-refractivity contribution is 0.168. The number of halogens is 1. The van der Waals surface area contributed by atoms with E-state index in [1.54, 1.807) is 0 Å². The quantitative estimate of drug-likeness (QED) is 0.867. The molecule has 0 amide bonds. The van der Waals surface area contributed by atoms with Crippen LogP contribution < -0.4 is 15.2 Å². The lowest BCUT2D eigenvalue weighted by Gasteiger charge is -2.40. The maximum atomic E-state index is 6.40. The smallest absolute Gasteiger partial charge is 0.165 e. The molecule has 3 nitrogen and oxygen atoms in total. The second kappa shape index (κ2) is 3.89. The van der Waals surface area contributed by atoms with Crippen molar-refractivity contribution in [1.82, 2.24) is 0 Å². The van der Waals surface area contributed by atoms with Crippen LogP contribution in [0, 0.1) is 6.92 Å². The molecule has 0 radical (unpaired) electrons. The molecule has 1 heterocycles. The van der Waals surface area contributed by atoms with Gasteiger partial charge in [0.15, 0.2) is 11.5 Å². The molecule has 3 rings (SSSR count). The van der Waals surface area contributed by atoms with Gasteiger partial charge in [-0.1, -0.05) is 15.9 Å².